The number of rotatable bonds is 4. The van der Waals surface area contributed by atoms with E-state index in [-0.39, 0.29) is 13.0 Å². The van der Waals surface area contributed by atoms with Crippen molar-refractivity contribution in [3.63, 3.8) is 0 Å². The van der Waals surface area contributed by atoms with Gasteiger partial charge in [-0.15, -0.1) is 0 Å². The molecule has 0 aromatic rings. The molecular formula is C12H19F2N3. The van der Waals surface area contributed by atoms with E-state index in [2.05, 4.69) is 6.07 Å². The summed E-state index contributed by atoms with van der Waals surface area (Å²) in [6, 6.07) is 2.10. The second-order valence-corrected chi connectivity index (χ2v) is 4.72. The summed E-state index contributed by atoms with van der Waals surface area (Å²) in [5.41, 5.74) is 0.629. The first-order valence-corrected chi connectivity index (χ1v) is 5.80. The topological polar surface area (TPSA) is 30.3 Å². The maximum Gasteiger partial charge on any atom is 0.260 e. The summed E-state index contributed by atoms with van der Waals surface area (Å²) in [4.78, 5) is 3.54. The molecule has 17 heavy (non-hydrogen) atoms. The zero-order valence-corrected chi connectivity index (χ0v) is 10.4. The molecule has 0 unspecified atom stereocenters. The average Bonchev–Trinajstić information content (AvgIpc) is 2.22. The molecule has 0 N–H and O–H groups in total. The molecule has 0 aromatic carbocycles. The van der Waals surface area contributed by atoms with Gasteiger partial charge in [-0.05, 0) is 19.4 Å². The smallest absolute Gasteiger partial charge is 0.260 e. The van der Waals surface area contributed by atoms with E-state index >= 15 is 0 Å². The Morgan fingerprint density at radius 1 is 1.53 bits per heavy atom. The van der Waals surface area contributed by atoms with Crippen LogP contribution in [-0.2, 0) is 0 Å². The van der Waals surface area contributed by atoms with Gasteiger partial charge in [-0.3, -0.25) is 4.90 Å². The van der Waals surface area contributed by atoms with Crippen molar-refractivity contribution in [3.8, 4) is 6.07 Å². The summed E-state index contributed by atoms with van der Waals surface area (Å²) >= 11 is 0. The van der Waals surface area contributed by atoms with Crippen LogP contribution in [0.1, 0.15) is 19.3 Å². The lowest BCUT2D eigenvalue weighted by Crippen LogP contribution is -2.42. The average molecular weight is 243 g/mol. The van der Waals surface area contributed by atoms with Crippen LogP contribution in [-0.4, -0.2) is 49.5 Å². The van der Waals surface area contributed by atoms with Crippen molar-refractivity contribution in [2.45, 2.75) is 25.2 Å². The summed E-state index contributed by atoms with van der Waals surface area (Å²) in [6.45, 7) is 1.06. The number of piperidine rings is 1. The predicted octanol–water partition coefficient (Wildman–Crippen LogP) is 2.08. The zero-order chi connectivity index (χ0) is 12.9. The third-order valence-electron chi connectivity index (χ3n) is 2.73. The van der Waals surface area contributed by atoms with Crippen LogP contribution in [0.25, 0.3) is 0 Å². The first-order valence-electron chi connectivity index (χ1n) is 5.80. The molecule has 0 radical (unpaired) electrons. The molecular weight excluding hydrogens is 224 g/mol. The number of alkyl halides is 2. The Hall–Kier alpha value is -1.15. The Kier molecular flexibility index (Phi) is 4.88. The minimum Gasteiger partial charge on any atom is -0.383 e. The first-order chi connectivity index (χ1) is 7.93. The van der Waals surface area contributed by atoms with E-state index in [1.165, 1.54) is 0 Å². The molecule has 0 atom stereocenters. The number of halogens is 2. The Bertz CT molecular complexity index is 318. The molecule has 1 aliphatic rings. The number of likely N-dealkylation sites (tertiary alicyclic amines) is 1. The van der Waals surface area contributed by atoms with Gasteiger partial charge in [0.25, 0.3) is 5.92 Å². The monoisotopic (exact) mass is 243 g/mol. The molecule has 3 nitrogen and oxygen atoms in total. The van der Waals surface area contributed by atoms with Gasteiger partial charge < -0.3 is 4.90 Å². The standard InChI is InChI=1S/C12H19F2N3/c1-16(2)9-11(8-15)4-7-17-6-3-5-12(13,14)10-17/h9H,3-7,10H2,1-2H3/b11-9-. The summed E-state index contributed by atoms with van der Waals surface area (Å²) in [5.74, 6) is -2.56. The normalized spacial score (nSPS) is 21.0. The molecule has 1 aliphatic heterocycles. The Labute approximate surface area is 101 Å². The Balaban J connectivity index is 2.42. The summed E-state index contributed by atoms with van der Waals surface area (Å²) in [7, 11) is 3.68. The van der Waals surface area contributed by atoms with Gasteiger partial charge in [0.15, 0.2) is 0 Å². The highest BCUT2D eigenvalue weighted by molar-refractivity contribution is 5.19. The van der Waals surface area contributed by atoms with Crippen molar-refractivity contribution >= 4 is 0 Å². The summed E-state index contributed by atoms with van der Waals surface area (Å²) in [5, 5.41) is 8.90. The molecule has 1 rings (SSSR count). The molecule has 1 heterocycles. The zero-order valence-electron chi connectivity index (χ0n) is 10.4. The molecule has 5 heteroatoms. The second-order valence-electron chi connectivity index (χ2n) is 4.72. The first kappa shape index (κ1) is 13.9. The van der Waals surface area contributed by atoms with Crippen LogP contribution < -0.4 is 0 Å². The fourth-order valence-corrected chi connectivity index (χ4v) is 1.98. The second kappa shape index (κ2) is 5.97. The Morgan fingerprint density at radius 3 is 2.76 bits per heavy atom. The van der Waals surface area contributed by atoms with E-state index in [1.54, 1.807) is 16.0 Å². The third-order valence-corrected chi connectivity index (χ3v) is 2.73. The third kappa shape index (κ3) is 5.14. The van der Waals surface area contributed by atoms with Crippen LogP contribution in [0, 0.1) is 11.3 Å². The number of hydrogen-bond donors (Lipinski definition) is 0. The van der Waals surface area contributed by atoms with Gasteiger partial charge >= 0.3 is 0 Å². The highest BCUT2D eigenvalue weighted by Gasteiger charge is 2.34. The van der Waals surface area contributed by atoms with Gasteiger partial charge in [0.2, 0.25) is 0 Å². The maximum atomic E-state index is 13.1. The molecule has 0 bridgehead atoms. The van der Waals surface area contributed by atoms with Crippen molar-refractivity contribution in [2.75, 3.05) is 33.7 Å². The van der Waals surface area contributed by atoms with E-state index < -0.39 is 5.92 Å². The fraction of sp³-hybridized carbons (Fsp3) is 0.750. The van der Waals surface area contributed by atoms with Gasteiger partial charge in [-0.25, -0.2) is 8.78 Å². The molecule has 1 fully saturated rings. The van der Waals surface area contributed by atoms with Crippen molar-refractivity contribution < 1.29 is 8.78 Å². The molecule has 0 saturated carbocycles. The minimum atomic E-state index is -2.56. The van der Waals surface area contributed by atoms with Gasteiger partial charge in [-0.2, -0.15) is 5.26 Å². The predicted molar refractivity (Wildman–Crippen MR) is 62.6 cm³/mol. The number of hydrogen-bond acceptors (Lipinski definition) is 3. The highest BCUT2D eigenvalue weighted by atomic mass is 19.3. The van der Waals surface area contributed by atoms with Crippen LogP contribution in [0.5, 0.6) is 0 Å². The van der Waals surface area contributed by atoms with Crippen molar-refractivity contribution in [2.24, 2.45) is 0 Å². The summed E-state index contributed by atoms with van der Waals surface area (Å²) in [6.07, 6.45) is 2.79. The van der Waals surface area contributed by atoms with Crippen LogP contribution in [0.3, 0.4) is 0 Å². The van der Waals surface area contributed by atoms with Crippen molar-refractivity contribution in [3.05, 3.63) is 11.8 Å². The van der Waals surface area contributed by atoms with Gasteiger partial charge in [0, 0.05) is 38.8 Å². The largest absolute Gasteiger partial charge is 0.383 e. The van der Waals surface area contributed by atoms with Gasteiger partial charge in [-0.1, -0.05) is 0 Å². The van der Waals surface area contributed by atoms with E-state index in [4.69, 9.17) is 5.26 Å². The van der Waals surface area contributed by atoms with E-state index in [0.717, 1.165) is 0 Å². The lowest BCUT2D eigenvalue weighted by atomic mass is 10.1. The maximum absolute atomic E-state index is 13.1. The van der Waals surface area contributed by atoms with Crippen molar-refractivity contribution in [1.82, 2.24) is 9.80 Å². The highest BCUT2D eigenvalue weighted by Crippen LogP contribution is 2.26. The quantitative estimate of drug-likeness (QED) is 0.708. The van der Waals surface area contributed by atoms with Crippen LogP contribution in [0.15, 0.2) is 11.8 Å². The molecule has 0 aliphatic carbocycles. The van der Waals surface area contributed by atoms with Crippen LogP contribution in [0.4, 0.5) is 8.78 Å². The molecule has 0 aromatic heterocycles. The molecule has 96 valence electrons. The van der Waals surface area contributed by atoms with E-state index in [0.29, 0.717) is 31.5 Å². The minimum absolute atomic E-state index is 0.0118. The lowest BCUT2D eigenvalue weighted by Gasteiger charge is -2.32. The molecule has 0 amide bonds. The summed E-state index contributed by atoms with van der Waals surface area (Å²) < 4.78 is 26.3. The fourth-order valence-electron chi connectivity index (χ4n) is 1.98. The Morgan fingerprint density at radius 2 is 2.24 bits per heavy atom. The van der Waals surface area contributed by atoms with Gasteiger partial charge in [0.05, 0.1) is 12.6 Å². The van der Waals surface area contributed by atoms with Crippen molar-refractivity contribution in [1.29, 1.82) is 5.26 Å². The van der Waals surface area contributed by atoms with E-state index in [1.807, 2.05) is 14.1 Å². The number of nitriles is 1. The van der Waals surface area contributed by atoms with Gasteiger partial charge in [0.1, 0.15) is 0 Å². The van der Waals surface area contributed by atoms with Crippen LogP contribution >= 0.6 is 0 Å². The lowest BCUT2D eigenvalue weighted by molar-refractivity contribution is -0.0634. The molecule has 1 saturated heterocycles. The number of nitrogens with zero attached hydrogens (tertiary/aromatic N) is 3. The molecule has 0 spiro atoms. The SMILES string of the molecule is CN(C)/C=C(\C#N)CCN1CCCC(F)(F)C1. The van der Waals surface area contributed by atoms with Crippen LogP contribution in [0.2, 0.25) is 0 Å². The van der Waals surface area contributed by atoms with E-state index in [9.17, 15) is 8.78 Å².